The highest BCUT2D eigenvalue weighted by atomic mass is 16.5. The molecule has 7 nitrogen and oxygen atoms in total. The number of rotatable bonds is 6. The number of hydrogen-bond donors (Lipinski definition) is 0. The van der Waals surface area contributed by atoms with Gasteiger partial charge in [-0.2, -0.15) is 0 Å². The van der Waals surface area contributed by atoms with E-state index in [0.717, 1.165) is 11.1 Å². The molecule has 0 atom stereocenters. The van der Waals surface area contributed by atoms with Gasteiger partial charge >= 0.3 is 0 Å². The third-order valence-electron chi connectivity index (χ3n) is 3.97. The lowest BCUT2D eigenvalue weighted by Crippen LogP contribution is -2.00. The number of ether oxygens (including phenoxy) is 4. The summed E-state index contributed by atoms with van der Waals surface area (Å²) in [4.78, 5) is 13.6. The number of aryl methyl sites for hydroxylation is 1. The first-order chi connectivity index (χ1) is 13.1. The fourth-order valence-corrected chi connectivity index (χ4v) is 2.61. The molecule has 0 saturated heterocycles. The molecule has 0 radical (unpaired) electrons. The Bertz CT molecular complexity index is 842. The van der Waals surface area contributed by atoms with Gasteiger partial charge in [-0.05, 0) is 31.2 Å². The van der Waals surface area contributed by atoms with Gasteiger partial charge < -0.3 is 18.9 Å². The molecule has 0 aliphatic rings. The van der Waals surface area contributed by atoms with Crippen LogP contribution in [0.1, 0.15) is 5.82 Å². The van der Waals surface area contributed by atoms with Crippen LogP contribution >= 0.6 is 0 Å². The van der Waals surface area contributed by atoms with Gasteiger partial charge in [-0.3, -0.25) is 0 Å². The van der Waals surface area contributed by atoms with E-state index in [0.29, 0.717) is 40.5 Å². The molecule has 3 rings (SSSR count). The second-order valence-corrected chi connectivity index (χ2v) is 5.73. The predicted molar refractivity (Wildman–Crippen MR) is 102 cm³/mol. The van der Waals surface area contributed by atoms with Crippen LogP contribution < -0.4 is 18.9 Å². The predicted octanol–water partition coefficient (Wildman–Crippen LogP) is 3.55. The molecule has 0 saturated carbocycles. The first-order valence-corrected chi connectivity index (χ1v) is 8.26. The van der Waals surface area contributed by atoms with E-state index in [1.807, 2.05) is 31.2 Å². The van der Waals surface area contributed by atoms with E-state index in [1.165, 1.54) is 0 Å². The minimum absolute atomic E-state index is 0.525. The van der Waals surface area contributed by atoms with Crippen molar-refractivity contribution < 1.29 is 18.9 Å². The number of methoxy groups -OCH3 is 4. The summed E-state index contributed by atoms with van der Waals surface area (Å²) in [6.07, 6.45) is 0. The van der Waals surface area contributed by atoms with E-state index in [-0.39, 0.29) is 0 Å². The highest BCUT2D eigenvalue weighted by Crippen LogP contribution is 2.31. The Balaban J connectivity index is 2.13. The number of benzene rings is 2. The fraction of sp³-hybridized carbons (Fsp3) is 0.250. The molecule has 1 aromatic heterocycles. The molecule has 0 unspecified atom stereocenters. The second kappa shape index (κ2) is 7.90. The molecule has 140 valence electrons. The van der Waals surface area contributed by atoms with E-state index < -0.39 is 0 Å². The van der Waals surface area contributed by atoms with Crippen molar-refractivity contribution in [2.24, 2.45) is 0 Å². The monoisotopic (exact) mass is 367 g/mol. The van der Waals surface area contributed by atoms with Gasteiger partial charge in [0.2, 0.25) is 0 Å². The lowest BCUT2D eigenvalue weighted by atomic mass is 10.1. The SMILES string of the molecule is COc1cc(OC)cc(-c2nc(C)nc(-c3cc(OC)cc(OC)c3)n2)c1. The fourth-order valence-electron chi connectivity index (χ4n) is 2.61. The van der Waals surface area contributed by atoms with Crippen molar-refractivity contribution in [3.8, 4) is 45.8 Å². The molecule has 2 aromatic carbocycles. The maximum atomic E-state index is 5.34. The van der Waals surface area contributed by atoms with Gasteiger partial charge in [0.15, 0.2) is 11.6 Å². The zero-order chi connectivity index (χ0) is 19.4. The average Bonchev–Trinajstić information content (AvgIpc) is 2.72. The molecule has 0 fully saturated rings. The summed E-state index contributed by atoms with van der Waals surface area (Å²) < 4.78 is 21.4. The normalized spacial score (nSPS) is 10.4. The first kappa shape index (κ1) is 18.4. The summed E-state index contributed by atoms with van der Waals surface area (Å²) >= 11 is 0. The zero-order valence-electron chi connectivity index (χ0n) is 15.9. The van der Waals surface area contributed by atoms with Gasteiger partial charge in [0, 0.05) is 23.3 Å². The second-order valence-electron chi connectivity index (χ2n) is 5.73. The summed E-state index contributed by atoms with van der Waals surface area (Å²) in [7, 11) is 6.41. The zero-order valence-corrected chi connectivity index (χ0v) is 15.9. The van der Waals surface area contributed by atoms with Crippen LogP contribution in [0.25, 0.3) is 22.8 Å². The van der Waals surface area contributed by atoms with Gasteiger partial charge in [-0.25, -0.2) is 15.0 Å². The highest BCUT2D eigenvalue weighted by molar-refractivity contribution is 5.66. The quantitative estimate of drug-likeness (QED) is 0.659. The van der Waals surface area contributed by atoms with E-state index in [9.17, 15) is 0 Å². The Labute approximate surface area is 157 Å². The van der Waals surface area contributed by atoms with E-state index in [1.54, 1.807) is 40.6 Å². The van der Waals surface area contributed by atoms with Crippen LogP contribution in [0.4, 0.5) is 0 Å². The molecule has 1 heterocycles. The van der Waals surface area contributed by atoms with Crippen molar-refractivity contribution in [2.45, 2.75) is 6.92 Å². The van der Waals surface area contributed by atoms with Crippen LogP contribution in [-0.2, 0) is 0 Å². The molecule has 0 bridgehead atoms. The number of hydrogen-bond acceptors (Lipinski definition) is 7. The van der Waals surface area contributed by atoms with Gasteiger partial charge in [-0.1, -0.05) is 0 Å². The van der Waals surface area contributed by atoms with Crippen molar-refractivity contribution in [3.63, 3.8) is 0 Å². The van der Waals surface area contributed by atoms with E-state index in [2.05, 4.69) is 15.0 Å². The van der Waals surface area contributed by atoms with Crippen LogP contribution in [0.5, 0.6) is 23.0 Å². The van der Waals surface area contributed by atoms with Crippen LogP contribution in [0.3, 0.4) is 0 Å². The maximum Gasteiger partial charge on any atom is 0.163 e. The van der Waals surface area contributed by atoms with Crippen LogP contribution in [0.15, 0.2) is 36.4 Å². The molecule has 0 spiro atoms. The molecule has 0 amide bonds. The third-order valence-corrected chi connectivity index (χ3v) is 3.97. The first-order valence-electron chi connectivity index (χ1n) is 8.26. The van der Waals surface area contributed by atoms with Crippen LogP contribution in [0.2, 0.25) is 0 Å². The summed E-state index contributed by atoms with van der Waals surface area (Å²) in [5.41, 5.74) is 1.54. The minimum atomic E-state index is 0.525. The summed E-state index contributed by atoms with van der Waals surface area (Å²) in [6.45, 7) is 1.82. The van der Waals surface area contributed by atoms with Gasteiger partial charge in [0.25, 0.3) is 0 Å². The van der Waals surface area contributed by atoms with Gasteiger partial charge in [0.1, 0.15) is 28.8 Å². The molecule has 7 heteroatoms. The Kier molecular flexibility index (Phi) is 5.40. The topological polar surface area (TPSA) is 75.6 Å². The Hall–Kier alpha value is -3.35. The van der Waals surface area contributed by atoms with Crippen molar-refractivity contribution in [1.82, 2.24) is 15.0 Å². The molecule has 3 aromatic rings. The largest absolute Gasteiger partial charge is 0.497 e. The Morgan fingerprint density at radius 2 is 0.852 bits per heavy atom. The molecule has 0 N–H and O–H groups in total. The molecular weight excluding hydrogens is 346 g/mol. The molecule has 0 aliphatic heterocycles. The van der Waals surface area contributed by atoms with Crippen molar-refractivity contribution in [1.29, 1.82) is 0 Å². The van der Waals surface area contributed by atoms with E-state index in [4.69, 9.17) is 18.9 Å². The minimum Gasteiger partial charge on any atom is -0.497 e. The Morgan fingerprint density at radius 3 is 1.15 bits per heavy atom. The number of aromatic nitrogens is 3. The van der Waals surface area contributed by atoms with Gasteiger partial charge in [-0.15, -0.1) is 0 Å². The number of nitrogens with zero attached hydrogens (tertiary/aromatic N) is 3. The molecule has 27 heavy (non-hydrogen) atoms. The molecular formula is C20H21N3O4. The summed E-state index contributed by atoms with van der Waals surface area (Å²) in [6, 6.07) is 11.0. The standard InChI is InChI=1S/C20H21N3O4/c1-12-21-19(13-6-15(24-2)10-16(7-13)25-3)23-20(22-12)14-8-17(26-4)11-18(9-14)27-5/h6-11H,1-5H3. The van der Waals surface area contributed by atoms with Crippen molar-refractivity contribution in [3.05, 3.63) is 42.2 Å². The van der Waals surface area contributed by atoms with Crippen LogP contribution in [-0.4, -0.2) is 43.4 Å². The van der Waals surface area contributed by atoms with Crippen molar-refractivity contribution in [2.75, 3.05) is 28.4 Å². The summed E-state index contributed by atoms with van der Waals surface area (Å²) in [5, 5.41) is 0. The van der Waals surface area contributed by atoms with Gasteiger partial charge in [0.05, 0.1) is 28.4 Å². The highest BCUT2D eigenvalue weighted by Gasteiger charge is 2.13. The maximum absolute atomic E-state index is 5.34. The Morgan fingerprint density at radius 1 is 0.519 bits per heavy atom. The summed E-state index contributed by atoms with van der Waals surface area (Å²) in [5.74, 6) is 4.28. The molecule has 0 aliphatic carbocycles. The smallest absolute Gasteiger partial charge is 0.163 e. The van der Waals surface area contributed by atoms with Crippen molar-refractivity contribution >= 4 is 0 Å². The lowest BCUT2D eigenvalue weighted by Gasteiger charge is -2.11. The van der Waals surface area contributed by atoms with E-state index >= 15 is 0 Å². The van der Waals surface area contributed by atoms with Crippen LogP contribution in [0, 0.1) is 6.92 Å². The lowest BCUT2D eigenvalue weighted by molar-refractivity contribution is 0.394. The average molecular weight is 367 g/mol. The third kappa shape index (κ3) is 4.08.